The van der Waals surface area contributed by atoms with Crippen LogP contribution in [0.25, 0.3) is 5.32 Å². The van der Waals surface area contributed by atoms with E-state index in [1.54, 1.807) is 17.7 Å². The van der Waals surface area contributed by atoms with Gasteiger partial charge in [0.15, 0.2) is 0 Å². The first kappa shape index (κ1) is 10.6. The van der Waals surface area contributed by atoms with Gasteiger partial charge in [0.25, 0.3) is 0 Å². The van der Waals surface area contributed by atoms with Crippen molar-refractivity contribution in [2.45, 2.75) is 17.1 Å². The molecule has 0 amide bonds. The van der Waals surface area contributed by atoms with E-state index in [1.165, 1.54) is 0 Å². The normalized spacial score (nSPS) is 31.4. The Morgan fingerprint density at radius 3 is 2.50 bits per heavy atom. The third-order valence-electron chi connectivity index (χ3n) is 1.74. The van der Waals surface area contributed by atoms with Crippen molar-refractivity contribution in [1.82, 2.24) is 0 Å². The molecule has 1 atom stereocenters. The predicted molar refractivity (Wildman–Crippen MR) is 33.6 cm³/mol. The first-order valence-corrected chi connectivity index (χ1v) is 3.07. The third kappa shape index (κ3) is 2.05. The Kier molecular flexibility index (Phi) is 4.10. The summed E-state index contributed by atoms with van der Waals surface area (Å²) in [5.74, 6) is -0.792. The van der Waals surface area contributed by atoms with Gasteiger partial charge in [-0.1, -0.05) is 0 Å². The predicted octanol–water partition coefficient (Wildman–Crippen LogP) is -2.89. The number of aliphatic carboxylic acids is 1. The average Bonchev–Trinajstić information content (AvgIpc) is 2.16. The van der Waals surface area contributed by atoms with Crippen molar-refractivity contribution in [3.63, 3.8) is 0 Å². The fourth-order valence-corrected chi connectivity index (χ4v) is 1.00. The molecule has 0 aromatic rings. The second-order valence-electron chi connectivity index (χ2n) is 2.56. The van der Waals surface area contributed by atoms with E-state index in [9.17, 15) is 4.79 Å². The second-order valence-corrected chi connectivity index (χ2v) is 2.56. The zero-order valence-corrected chi connectivity index (χ0v) is 6.42. The van der Waals surface area contributed by atoms with E-state index in [0.717, 1.165) is 6.42 Å². The molecule has 0 radical (unpaired) electrons. The maximum absolute atomic E-state index is 10.4. The summed E-state index contributed by atoms with van der Waals surface area (Å²) in [6, 6.07) is 0. The fraction of sp³-hybridized carbons (Fsp3) is 0.800. The standard InChI is InChI=1S/C5H7NO2.2Li/c7-5(8)4-2-1-3-6-4;;/h1-3H2,(H,7,8);;/q-1;;+1. The van der Waals surface area contributed by atoms with Crippen LogP contribution < -0.4 is 18.9 Å². The van der Waals surface area contributed by atoms with Crippen LogP contribution in [0.5, 0.6) is 0 Å². The van der Waals surface area contributed by atoms with Crippen molar-refractivity contribution in [1.29, 1.82) is 0 Å². The number of carbonyl (C=O) groups is 1. The molecule has 1 heterocycles. The molecule has 1 aliphatic heterocycles. The number of carboxylic acids is 1. The van der Waals surface area contributed by atoms with Gasteiger partial charge in [0, 0.05) is 0 Å². The first-order valence-electron chi connectivity index (χ1n) is 3.07. The van der Waals surface area contributed by atoms with Crippen molar-refractivity contribution < 1.29 is 28.8 Å². The van der Waals surface area contributed by atoms with E-state index in [-0.39, 0.29) is 18.9 Å². The minimum absolute atomic E-state index is 0. The summed E-state index contributed by atoms with van der Waals surface area (Å²) in [6.45, 7) is 0.711. The number of hydrogen-bond donors (Lipinski definition) is 1. The van der Waals surface area contributed by atoms with Crippen molar-refractivity contribution in [2.24, 2.45) is 0 Å². The van der Waals surface area contributed by atoms with E-state index in [4.69, 9.17) is 5.11 Å². The van der Waals surface area contributed by atoms with Gasteiger partial charge in [0.2, 0.25) is 0 Å². The molecule has 3 nitrogen and oxygen atoms in total. The van der Waals surface area contributed by atoms with Crippen molar-refractivity contribution in [3.8, 4) is 0 Å². The topological polar surface area (TPSA) is 51.4 Å². The van der Waals surface area contributed by atoms with Gasteiger partial charge >= 0.3 is 81.4 Å². The Morgan fingerprint density at radius 1 is 1.70 bits per heavy atom. The molecule has 1 aliphatic rings. The van der Waals surface area contributed by atoms with Gasteiger partial charge < -0.3 is 0 Å². The summed E-state index contributed by atoms with van der Waals surface area (Å²) >= 11 is 1.67. The maximum atomic E-state index is 10.4. The van der Waals surface area contributed by atoms with Crippen LogP contribution in [-0.2, 0) is 4.79 Å². The van der Waals surface area contributed by atoms with Gasteiger partial charge in [0.1, 0.15) is 0 Å². The summed E-state index contributed by atoms with van der Waals surface area (Å²) < 4.78 is -0.764. The third-order valence-corrected chi connectivity index (χ3v) is 1.74. The van der Waals surface area contributed by atoms with Gasteiger partial charge in [-0.05, 0) is 0 Å². The Hall–Kier alpha value is 0.625. The summed E-state index contributed by atoms with van der Waals surface area (Å²) in [7, 11) is 0. The van der Waals surface area contributed by atoms with Gasteiger partial charge in [-0.25, -0.2) is 0 Å². The van der Waals surface area contributed by atoms with Gasteiger partial charge in [0.05, 0.1) is 0 Å². The Labute approximate surface area is 81.3 Å². The molecule has 1 saturated heterocycles. The van der Waals surface area contributed by atoms with Gasteiger partial charge in [-0.3, -0.25) is 0 Å². The molecular formula is C5H7Li2NO2. The van der Waals surface area contributed by atoms with Crippen LogP contribution in [0.3, 0.4) is 0 Å². The van der Waals surface area contributed by atoms with E-state index in [0.29, 0.717) is 13.0 Å². The molecule has 0 spiro atoms. The molecule has 10 heavy (non-hydrogen) atoms. The zero-order valence-electron chi connectivity index (χ0n) is 6.42. The quantitative estimate of drug-likeness (QED) is 0.384. The Bertz CT molecular complexity index is 134. The Morgan fingerprint density at radius 2 is 2.30 bits per heavy atom. The van der Waals surface area contributed by atoms with E-state index >= 15 is 0 Å². The molecule has 0 unspecified atom stereocenters. The van der Waals surface area contributed by atoms with Gasteiger partial charge in [-0.15, -0.1) is 0 Å². The van der Waals surface area contributed by atoms with Crippen LogP contribution >= 0.6 is 0 Å². The van der Waals surface area contributed by atoms with Crippen LogP contribution in [0.2, 0.25) is 0 Å². The van der Waals surface area contributed by atoms with E-state index < -0.39 is 10.2 Å². The molecule has 0 aromatic carbocycles. The second kappa shape index (κ2) is 3.86. The summed E-state index contributed by atoms with van der Waals surface area (Å²) in [6.07, 6.45) is 1.62. The Balaban J connectivity index is 0.000000810. The SMILES string of the molecule is [Li+].[Li][C@@]1(C(=O)O)CCC[N-]1. The van der Waals surface area contributed by atoms with Crippen LogP contribution in [-0.4, -0.2) is 39.5 Å². The fourth-order valence-electron chi connectivity index (χ4n) is 1.00. The zero-order chi connectivity index (χ0) is 6.91. The molecule has 0 bridgehead atoms. The molecule has 0 aliphatic carbocycles. The first-order chi connectivity index (χ1) is 4.15. The molecule has 1 N–H and O–H groups in total. The number of rotatable bonds is 1. The summed E-state index contributed by atoms with van der Waals surface area (Å²) in [5.41, 5.74) is 0. The number of hydrogen-bond acceptors (Lipinski definition) is 1. The van der Waals surface area contributed by atoms with E-state index in [2.05, 4.69) is 5.32 Å². The van der Waals surface area contributed by atoms with E-state index in [1.807, 2.05) is 0 Å². The summed E-state index contributed by atoms with van der Waals surface area (Å²) in [4.78, 5) is 10.4. The average molecular weight is 127 g/mol. The molecule has 1 rings (SSSR count). The van der Waals surface area contributed by atoms with Crippen molar-refractivity contribution in [3.05, 3.63) is 5.32 Å². The van der Waals surface area contributed by atoms with Crippen molar-refractivity contribution >= 4 is 23.7 Å². The molecule has 0 saturated carbocycles. The van der Waals surface area contributed by atoms with Crippen LogP contribution in [0.15, 0.2) is 0 Å². The van der Waals surface area contributed by atoms with Crippen LogP contribution in [0.1, 0.15) is 12.8 Å². The molecular weight excluding hydrogens is 120 g/mol. The van der Waals surface area contributed by atoms with Gasteiger partial charge in [-0.2, -0.15) is 0 Å². The van der Waals surface area contributed by atoms with Crippen LogP contribution in [0.4, 0.5) is 0 Å². The molecule has 46 valence electrons. The molecule has 0 aromatic heterocycles. The van der Waals surface area contributed by atoms with Crippen LogP contribution in [0, 0.1) is 0 Å². The number of nitrogens with zero attached hydrogens (tertiary/aromatic N) is 1. The molecule has 1 fully saturated rings. The number of carboxylic acid groups (broad SMARTS) is 1. The summed E-state index contributed by atoms with van der Waals surface area (Å²) in [5, 5.41) is 12.5. The monoisotopic (exact) mass is 127 g/mol. The minimum atomic E-state index is -0.792. The van der Waals surface area contributed by atoms with Crippen molar-refractivity contribution in [2.75, 3.05) is 6.54 Å². The molecule has 5 heteroatoms.